The molecule has 3 nitrogen and oxygen atoms in total. The van der Waals surface area contributed by atoms with Gasteiger partial charge in [0.2, 0.25) is 0 Å². The van der Waals surface area contributed by atoms with E-state index in [0.29, 0.717) is 16.4 Å². The summed E-state index contributed by atoms with van der Waals surface area (Å²) in [6, 6.07) is 9.35. The lowest BCUT2D eigenvalue weighted by molar-refractivity contribution is 1.24. The summed E-state index contributed by atoms with van der Waals surface area (Å²) in [6.45, 7) is 1.87. The van der Waals surface area contributed by atoms with Crippen LogP contribution in [0.3, 0.4) is 0 Å². The standard InChI is InChI=1S/C13H9BrClN3/c1-8-4-5-17-13(10(8)7-16)18-12-6-9(15)2-3-11(12)14/h2-6H,1H3,(H,17,18). The molecular weight excluding hydrogens is 314 g/mol. The number of hydrogen-bond donors (Lipinski definition) is 1. The van der Waals surface area contributed by atoms with Gasteiger partial charge in [-0.05, 0) is 52.7 Å². The van der Waals surface area contributed by atoms with E-state index in [2.05, 4.69) is 32.3 Å². The fourth-order valence-electron chi connectivity index (χ4n) is 1.52. The lowest BCUT2D eigenvalue weighted by Crippen LogP contribution is -1.99. The molecule has 1 heterocycles. The molecule has 1 N–H and O–H groups in total. The molecule has 1 aromatic heterocycles. The molecule has 0 radical (unpaired) electrons. The minimum atomic E-state index is 0.528. The summed E-state index contributed by atoms with van der Waals surface area (Å²) < 4.78 is 0.860. The summed E-state index contributed by atoms with van der Waals surface area (Å²) in [5.74, 6) is 0.528. The zero-order valence-corrected chi connectivity index (χ0v) is 11.9. The second-order valence-electron chi connectivity index (χ2n) is 3.71. The number of anilines is 2. The highest BCUT2D eigenvalue weighted by Crippen LogP contribution is 2.29. The number of nitrogens with one attached hydrogen (secondary N) is 1. The van der Waals surface area contributed by atoms with E-state index in [1.807, 2.05) is 13.0 Å². The van der Waals surface area contributed by atoms with Gasteiger partial charge in [0.15, 0.2) is 0 Å². The number of pyridine rings is 1. The predicted octanol–water partition coefficient (Wildman–Crippen LogP) is 4.42. The van der Waals surface area contributed by atoms with Crippen molar-refractivity contribution in [2.45, 2.75) is 6.92 Å². The molecule has 2 rings (SSSR count). The van der Waals surface area contributed by atoms with Crippen LogP contribution in [0.5, 0.6) is 0 Å². The summed E-state index contributed by atoms with van der Waals surface area (Å²) >= 11 is 9.36. The smallest absolute Gasteiger partial charge is 0.148 e. The van der Waals surface area contributed by atoms with Crippen molar-refractivity contribution in [2.75, 3.05) is 5.32 Å². The lowest BCUT2D eigenvalue weighted by Gasteiger charge is -2.10. The number of benzene rings is 1. The van der Waals surface area contributed by atoms with E-state index in [9.17, 15) is 0 Å². The molecule has 0 atom stereocenters. The summed E-state index contributed by atoms with van der Waals surface area (Å²) in [4.78, 5) is 4.18. The summed E-state index contributed by atoms with van der Waals surface area (Å²) in [5.41, 5.74) is 2.19. The van der Waals surface area contributed by atoms with Crippen molar-refractivity contribution < 1.29 is 0 Å². The number of rotatable bonds is 2. The average molecular weight is 323 g/mol. The highest BCUT2D eigenvalue weighted by atomic mass is 79.9. The van der Waals surface area contributed by atoms with Crippen molar-refractivity contribution in [1.29, 1.82) is 5.26 Å². The number of aryl methyl sites for hydroxylation is 1. The molecule has 18 heavy (non-hydrogen) atoms. The number of nitriles is 1. The Labute approximate surface area is 119 Å². The summed E-state index contributed by atoms with van der Waals surface area (Å²) in [5, 5.41) is 12.9. The van der Waals surface area contributed by atoms with Crippen molar-refractivity contribution in [1.82, 2.24) is 4.98 Å². The van der Waals surface area contributed by atoms with E-state index in [1.165, 1.54) is 0 Å². The molecule has 1 aromatic carbocycles. The van der Waals surface area contributed by atoms with Gasteiger partial charge in [-0.3, -0.25) is 0 Å². The molecule has 0 aliphatic heterocycles. The van der Waals surface area contributed by atoms with Gasteiger partial charge < -0.3 is 5.32 Å². The molecule has 2 aromatic rings. The first-order valence-corrected chi connectivity index (χ1v) is 6.36. The van der Waals surface area contributed by atoms with Crippen molar-refractivity contribution >= 4 is 39.0 Å². The molecule has 0 saturated heterocycles. The largest absolute Gasteiger partial charge is 0.338 e. The molecule has 5 heteroatoms. The highest BCUT2D eigenvalue weighted by molar-refractivity contribution is 9.10. The molecule has 0 fully saturated rings. The van der Waals surface area contributed by atoms with E-state index in [4.69, 9.17) is 16.9 Å². The van der Waals surface area contributed by atoms with Crippen molar-refractivity contribution in [3.05, 3.63) is 51.1 Å². The molecule has 90 valence electrons. The van der Waals surface area contributed by atoms with Gasteiger partial charge in [-0.25, -0.2) is 4.98 Å². The number of hydrogen-bond acceptors (Lipinski definition) is 3. The zero-order valence-electron chi connectivity index (χ0n) is 9.54. The van der Waals surface area contributed by atoms with E-state index >= 15 is 0 Å². The van der Waals surface area contributed by atoms with Crippen LogP contribution in [0.25, 0.3) is 0 Å². The Morgan fingerprint density at radius 1 is 1.39 bits per heavy atom. The van der Waals surface area contributed by atoms with Crippen LogP contribution in [0.2, 0.25) is 5.02 Å². The molecule has 0 bridgehead atoms. The van der Waals surface area contributed by atoms with Crippen LogP contribution < -0.4 is 5.32 Å². The van der Waals surface area contributed by atoms with E-state index < -0.39 is 0 Å². The van der Waals surface area contributed by atoms with Crippen LogP contribution >= 0.6 is 27.5 Å². The summed E-state index contributed by atoms with van der Waals surface area (Å²) in [6.07, 6.45) is 1.66. The molecule has 0 spiro atoms. The number of halogens is 2. The van der Waals surface area contributed by atoms with Gasteiger partial charge in [0.25, 0.3) is 0 Å². The lowest BCUT2D eigenvalue weighted by atomic mass is 10.1. The van der Waals surface area contributed by atoms with E-state index in [1.54, 1.807) is 24.4 Å². The van der Waals surface area contributed by atoms with Crippen LogP contribution in [0.1, 0.15) is 11.1 Å². The normalized spacial score (nSPS) is 9.89. The van der Waals surface area contributed by atoms with Gasteiger partial charge in [-0.2, -0.15) is 5.26 Å². The van der Waals surface area contributed by atoms with Crippen LogP contribution in [0.4, 0.5) is 11.5 Å². The van der Waals surface area contributed by atoms with Crippen LogP contribution in [0, 0.1) is 18.3 Å². The number of nitrogens with zero attached hydrogens (tertiary/aromatic N) is 2. The van der Waals surface area contributed by atoms with Crippen LogP contribution in [-0.2, 0) is 0 Å². The Morgan fingerprint density at radius 3 is 2.89 bits per heavy atom. The minimum Gasteiger partial charge on any atom is -0.338 e. The van der Waals surface area contributed by atoms with Crippen molar-refractivity contribution in [3.8, 4) is 6.07 Å². The van der Waals surface area contributed by atoms with Gasteiger partial charge in [-0.15, -0.1) is 0 Å². The van der Waals surface area contributed by atoms with Crippen LogP contribution in [-0.4, -0.2) is 4.98 Å². The van der Waals surface area contributed by atoms with Gasteiger partial charge >= 0.3 is 0 Å². The number of aromatic nitrogens is 1. The second-order valence-corrected chi connectivity index (χ2v) is 5.00. The SMILES string of the molecule is Cc1ccnc(Nc2cc(Cl)ccc2Br)c1C#N. The second kappa shape index (κ2) is 5.38. The fourth-order valence-corrected chi connectivity index (χ4v) is 2.03. The van der Waals surface area contributed by atoms with E-state index in [0.717, 1.165) is 15.7 Å². The van der Waals surface area contributed by atoms with Crippen LogP contribution in [0.15, 0.2) is 34.9 Å². The van der Waals surface area contributed by atoms with Gasteiger partial charge in [-0.1, -0.05) is 11.6 Å². The third kappa shape index (κ3) is 2.63. The monoisotopic (exact) mass is 321 g/mol. The minimum absolute atomic E-state index is 0.528. The molecule has 0 unspecified atom stereocenters. The highest BCUT2D eigenvalue weighted by Gasteiger charge is 2.08. The third-order valence-electron chi connectivity index (χ3n) is 2.45. The average Bonchev–Trinajstić information content (AvgIpc) is 2.34. The Morgan fingerprint density at radius 2 is 2.17 bits per heavy atom. The first-order chi connectivity index (χ1) is 8.61. The first kappa shape index (κ1) is 12.9. The Bertz CT molecular complexity index is 635. The van der Waals surface area contributed by atoms with Gasteiger partial charge in [0, 0.05) is 15.7 Å². The van der Waals surface area contributed by atoms with Crippen molar-refractivity contribution in [2.24, 2.45) is 0 Å². The van der Waals surface area contributed by atoms with Gasteiger partial charge in [0.05, 0.1) is 11.3 Å². The Balaban J connectivity index is 2.44. The van der Waals surface area contributed by atoms with E-state index in [-0.39, 0.29) is 0 Å². The molecule has 0 aliphatic carbocycles. The summed E-state index contributed by atoms with van der Waals surface area (Å²) in [7, 11) is 0. The molecule has 0 aliphatic rings. The topological polar surface area (TPSA) is 48.7 Å². The molecule has 0 amide bonds. The fraction of sp³-hybridized carbons (Fsp3) is 0.0769. The zero-order chi connectivity index (χ0) is 13.1. The Kier molecular flexibility index (Phi) is 3.85. The third-order valence-corrected chi connectivity index (χ3v) is 3.38. The first-order valence-electron chi connectivity index (χ1n) is 5.19. The maximum atomic E-state index is 9.13. The predicted molar refractivity (Wildman–Crippen MR) is 76.1 cm³/mol. The molecular formula is C13H9BrClN3. The van der Waals surface area contributed by atoms with Gasteiger partial charge in [0.1, 0.15) is 11.9 Å². The maximum Gasteiger partial charge on any atom is 0.148 e. The maximum absolute atomic E-state index is 9.13. The van der Waals surface area contributed by atoms with Crippen molar-refractivity contribution in [3.63, 3.8) is 0 Å². The Hall–Kier alpha value is -1.57. The molecule has 0 saturated carbocycles. The quantitative estimate of drug-likeness (QED) is 0.890.